The monoisotopic (exact) mass is 625 g/mol. The van der Waals surface area contributed by atoms with E-state index in [1.54, 1.807) is 23.0 Å². The first-order chi connectivity index (χ1) is 20.5. The van der Waals surface area contributed by atoms with Gasteiger partial charge in [-0.05, 0) is 76.0 Å². The van der Waals surface area contributed by atoms with E-state index in [1.807, 2.05) is 13.8 Å². The average Bonchev–Trinajstić information content (AvgIpc) is 3.47. The molecule has 240 valence electrons. The SMILES string of the molecule is CC(C)n1nccc1C(=O)N[C@H](c1cn2ncc([C@H](NC(=O)CC(C)(O)C(F)(F)F)C3CC3)cc2n1)C1CCC(F)(F)CC1. The number of nitrogens with one attached hydrogen (secondary N) is 2. The number of fused-ring (bicyclic) bond motifs is 1. The largest absolute Gasteiger partial charge is 0.417 e. The quantitative estimate of drug-likeness (QED) is 0.270. The molecule has 2 amide bonds. The molecule has 3 aromatic heterocycles. The number of nitrogens with zero attached hydrogens (tertiary/aromatic N) is 5. The van der Waals surface area contributed by atoms with E-state index in [0.717, 1.165) is 12.8 Å². The van der Waals surface area contributed by atoms with Crippen LogP contribution in [-0.2, 0) is 4.79 Å². The highest BCUT2D eigenvalue weighted by Crippen LogP contribution is 2.43. The molecule has 44 heavy (non-hydrogen) atoms. The van der Waals surface area contributed by atoms with E-state index >= 15 is 0 Å². The van der Waals surface area contributed by atoms with Crippen molar-refractivity contribution in [3.63, 3.8) is 0 Å². The molecule has 0 saturated heterocycles. The summed E-state index contributed by atoms with van der Waals surface area (Å²) in [4.78, 5) is 30.6. The fourth-order valence-corrected chi connectivity index (χ4v) is 5.72. The Morgan fingerprint density at radius 3 is 2.34 bits per heavy atom. The minimum atomic E-state index is -4.97. The lowest BCUT2D eigenvalue weighted by molar-refractivity contribution is -0.253. The molecule has 2 aliphatic rings. The highest BCUT2D eigenvalue weighted by molar-refractivity contribution is 5.92. The zero-order chi connectivity index (χ0) is 32.0. The Morgan fingerprint density at radius 2 is 1.73 bits per heavy atom. The van der Waals surface area contributed by atoms with Gasteiger partial charge >= 0.3 is 6.18 Å². The molecule has 0 spiro atoms. The third-order valence-corrected chi connectivity index (χ3v) is 8.47. The third-order valence-electron chi connectivity index (χ3n) is 8.47. The number of hydrogen-bond acceptors (Lipinski definition) is 6. The van der Waals surface area contributed by atoms with Crippen molar-refractivity contribution >= 4 is 17.5 Å². The zero-order valence-electron chi connectivity index (χ0n) is 24.6. The highest BCUT2D eigenvalue weighted by atomic mass is 19.4. The van der Waals surface area contributed by atoms with Crippen LogP contribution in [-0.4, -0.2) is 59.0 Å². The summed E-state index contributed by atoms with van der Waals surface area (Å²) >= 11 is 0. The normalized spacial score (nSPS) is 20.3. The predicted octanol–water partition coefficient (Wildman–Crippen LogP) is 5.07. The maximum Gasteiger partial charge on any atom is 0.417 e. The molecule has 3 atom stereocenters. The summed E-state index contributed by atoms with van der Waals surface area (Å²) in [7, 11) is 0. The second-order valence-corrected chi connectivity index (χ2v) is 12.5. The van der Waals surface area contributed by atoms with Gasteiger partial charge in [-0.15, -0.1) is 0 Å². The molecule has 3 N–H and O–H groups in total. The lowest BCUT2D eigenvalue weighted by atomic mass is 9.81. The van der Waals surface area contributed by atoms with Crippen LogP contribution in [0.25, 0.3) is 5.65 Å². The molecule has 2 aliphatic carbocycles. The lowest BCUT2D eigenvalue weighted by Crippen LogP contribution is -2.46. The van der Waals surface area contributed by atoms with Crippen molar-refractivity contribution in [1.82, 2.24) is 35.0 Å². The van der Waals surface area contributed by atoms with Crippen LogP contribution >= 0.6 is 0 Å². The van der Waals surface area contributed by atoms with Crippen LogP contribution in [0.2, 0.25) is 0 Å². The van der Waals surface area contributed by atoms with Crippen molar-refractivity contribution in [2.24, 2.45) is 11.8 Å². The maximum absolute atomic E-state index is 14.0. The van der Waals surface area contributed by atoms with Gasteiger partial charge in [-0.1, -0.05) is 0 Å². The fraction of sp³-hybridized carbons (Fsp3) is 0.621. The van der Waals surface area contributed by atoms with Crippen LogP contribution in [0, 0.1) is 11.8 Å². The summed E-state index contributed by atoms with van der Waals surface area (Å²) in [6.07, 6.45) is -0.292. The first-order valence-corrected chi connectivity index (χ1v) is 14.7. The highest BCUT2D eigenvalue weighted by Gasteiger charge is 2.51. The lowest BCUT2D eigenvalue weighted by Gasteiger charge is -2.33. The summed E-state index contributed by atoms with van der Waals surface area (Å²) in [5.41, 5.74) is -1.56. The van der Waals surface area contributed by atoms with Crippen molar-refractivity contribution in [2.45, 2.75) is 102 Å². The number of aliphatic hydroxyl groups is 1. The van der Waals surface area contributed by atoms with Crippen molar-refractivity contribution in [3.05, 3.63) is 47.7 Å². The molecule has 5 rings (SSSR count). The summed E-state index contributed by atoms with van der Waals surface area (Å²) in [5, 5.41) is 24.0. The Bertz CT molecular complexity index is 1500. The molecule has 0 aliphatic heterocycles. The number of imidazole rings is 1. The number of halogens is 5. The van der Waals surface area contributed by atoms with Gasteiger partial charge < -0.3 is 15.7 Å². The number of alkyl halides is 5. The third kappa shape index (κ3) is 6.87. The molecular formula is C29H36F5N7O3. The summed E-state index contributed by atoms with van der Waals surface area (Å²) in [6, 6.07) is 1.80. The molecule has 0 bridgehead atoms. The van der Waals surface area contributed by atoms with Crippen molar-refractivity contribution < 1.29 is 36.6 Å². The van der Waals surface area contributed by atoms with Gasteiger partial charge in [0, 0.05) is 25.1 Å². The molecular weight excluding hydrogens is 589 g/mol. The summed E-state index contributed by atoms with van der Waals surface area (Å²) < 4.78 is 70.5. The Hall–Kier alpha value is -3.62. The van der Waals surface area contributed by atoms with Crippen LogP contribution in [0.3, 0.4) is 0 Å². The van der Waals surface area contributed by atoms with E-state index in [-0.39, 0.29) is 43.6 Å². The molecule has 2 fully saturated rings. The second-order valence-electron chi connectivity index (χ2n) is 12.5. The minimum absolute atomic E-state index is 0.0183. The van der Waals surface area contributed by atoms with Gasteiger partial charge in [0.15, 0.2) is 11.2 Å². The van der Waals surface area contributed by atoms with E-state index < -0.39 is 48.0 Å². The zero-order valence-corrected chi connectivity index (χ0v) is 24.6. The van der Waals surface area contributed by atoms with Crippen LogP contribution in [0.4, 0.5) is 22.0 Å². The van der Waals surface area contributed by atoms with Gasteiger partial charge in [0.2, 0.25) is 11.8 Å². The molecule has 0 aromatic carbocycles. The standard InChI is InChI=1S/C29H36F5N7O3/c1-16(2)41-21(8-11-35-41)26(43)39-25(18-6-9-28(30,31)10-7-18)20-15-40-22(37-20)12-19(14-36-40)24(17-4-5-17)38-23(42)13-27(3,44)29(32,33)34/h8,11-12,14-18,24-25,44H,4-7,9-10,13H2,1-3H3,(H,38,42)(H,39,43)/t24-,25+,27?/m1/s1. The molecule has 2 saturated carbocycles. The smallest absolute Gasteiger partial charge is 0.380 e. The Morgan fingerprint density at radius 1 is 1.07 bits per heavy atom. The van der Waals surface area contributed by atoms with Gasteiger partial charge in [-0.25, -0.2) is 18.3 Å². The summed E-state index contributed by atoms with van der Waals surface area (Å²) in [5.74, 6) is -4.48. The van der Waals surface area contributed by atoms with E-state index in [4.69, 9.17) is 0 Å². The van der Waals surface area contributed by atoms with Crippen LogP contribution in [0.15, 0.2) is 30.7 Å². The van der Waals surface area contributed by atoms with Crippen molar-refractivity contribution in [3.8, 4) is 0 Å². The Labute approximate surface area is 250 Å². The number of carbonyl (C=O) groups excluding carboxylic acids is 2. The number of hydrogen-bond donors (Lipinski definition) is 3. The van der Waals surface area contributed by atoms with E-state index in [0.29, 0.717) is 29.5 Å². The van der Waals surface area contributed by atoms with Crippen molar-refractivity contribution in [1.29, 1.82) is 0 Å². The molecule has 10 nitrogen and oxygen atoms in total. The average molecular weight is 626 g/mol. The number of rotatable bonds is 10. The first kappa shape index (κ1) is 31.8. The Kier molecular flexibility index (Phi) is 8.46. The molecule has 0 radical (unpaired) electrons. The van der Waals surface area contributed by atoms with Crippen LogP contribution in [0.5, 0.6) is 0 Å². The van der Waals surface area contributed by atoms with Gasteiger partial charge in [0.05, 0.1) is 36.6 Å². The molecule has 3 aromatic rings. The topological polar surface area (TPSA) is 126 Å². The second kappa shape index (κ2) is 11.7. The van der Waals surface area contributed by atoms with Gasteiger partial charge in [-0.2, -0.15) is 23.4 Å². The van der Waals surface area contributed by atoms with Crippen LogP contribution < -0.4 is 10.6 Å². The van der Waals surface area contributed by atoms with E-state index in [9.17, 15) is 36.6 Å². The van der Waals surface area contributed by atoms with Gasteiger partial charge in [-0.3, -0.25) is 14.3 Å². The first-order valence-electron chi connectivity index (χ1n) is 14.7. The fourth-order valence-electron chi connectivity index (χ4n) is 5.72. The Balaban J connectivity index is 1.41. The molecule has 15 heteroatoms. The number of aromatic nitrogens is 5. The number of amides is 2. The van der Waals surface area contributed by atoms with E-state index in [2.05, 4.69) is 25.8 Å². The maximum atomic E-state index is 14.0. The van der Waals surface area contributed by atoms with Crippen molar-refractivity contribution in [2.75, 3.05) is 0 Å². The molecule has 3 heterocycles. The minimum Gasteiger partial charge on any atom is -0.380 e. The van der Waals surface area contributed by atoms with E-state index in [1.165, 1.54) is 16.9 Å². The number of carbonyl (C=O) groups is 2. The van der Waals surface area contributed by atoms with Gasteiger partial charge in [0.1, 0.15) is 5.69 Å². The predicted molar refractivity (Wildman–Crippen MR) is 148 cm³/mol. The van der Waals surface area contributed by atoms with Gasteiger partial charge in [0.25, 0.3) is 5.91 Å². The summed E-state index contributed by atoms with van der Waals surface area (Å²) in [6.45, 7) is 4.31. The van der Waals surface area contributed by atoms with Crippen LogP contribution in [0.1, 0.15) is 106 Å². The molecule has 1 unspecified atom stereocenters.